The van der Waals surface area contributed by atoms with Crippen molar-refractivity contribution in [2.75, 3.05) is 13.6 Å². The van der Waals surface area contributed by atoms with E-state index in [1.165, 1.54) is 0 Å². The Hall–Kier alpha value is -1.05. The minimum Gasteiger partial charge on any atom is -0.299 e. The highest BCUT2D eigenvalue weighted by molar-refractivity contribution is 6.31. The number of halogens is 1. The van der Waals surface area contributed by atoms with E-state index in [9.17, 15) is 0 Å². The molecule has 0 radical (unpaired) electrons. The quantitative estimate of drug-likeness (QED) is 0.791. The molecule has 1 aromatic heterocycles. The van der Waals surface area contributed by atoms with Gasteiger partial charge in [-0.05, 0) is 13.5 Å². The molecular weight excluding hydrogens is 224 g/mol. The Morgan fingerprint density at radius 3 is 2.75 bits per heavy atom. The lowest BCUT2D eigenvalue weighted by molar-refractivity contribution is 0.325. The zero-order valence-corrected chi connectivity index (χ0v) is 10.8. The first-order valence-electron chi connectivity index (χ1n) is 5.35. The maximum Gasteiger partial charge on any atom is 0.0863 e. The number of hydrogen-bond acceptors (Lipinski definition) is 3. The van der Waals surface area contributed by atoms with E-state index in [1.807, 2.05) is 25.7 Å². The van der Waals surface area contributed by atoms with E-state index in [1.54, 1.807) is 0 Å². The second-order valence-electron chi connectivity index (χ2n) is 3.83. The summed E-state index contributed by atoms with van der Waals surface area (Å²) in [7, 11) is 3.88. The fourth-order valence-corrected chi connectivity index (χ4v) is 1.92. The number of rotatable bonds is 5. The molecule has 0 aliphatic carbocycles. The molecule has 0 aliphatic rings. The maximum absolute atomic E-state index is 8.51. The molecule has 88 valence electrons. The Labute approximate surface area is 101 Å². The van der Waals surface area contributed by atoms with Crippen molar-refractivity contribution in [3.63, 3.8) is 0 Å². The molecule has 5 heteroatoms. The molecule has 0 saturated heterocycles. The third kappa shape index (κ3) is 2.97. The summed E-state index contributed by atoms with van der Waals surface area (Å²) in [5.41, 5.74) is 1.95. The molecule has 0 atom stereocenters. The van der Waals surface area contributed by atoms with Crippen LogP contribution in [-0.2, 0) is 20.0 Å². The van der Waals surface area contributed by atoms with E-state index in [4.69, 9.17) is 16.9 Å². The first-order valence-corrected chi connectivity index (χ1v) is 5.73. The highest BCUT2D eigenvalue weighted by atomic mass is 35.5. The van der Waals surface area contributed by atoms with Gasteiger partial charge in [-0.2, -0.15) is 10.4 Å². The maximum atomic E-state index is 8.51. The zero-order chi connectivity index (χ0) is 12.1. The Bertz CT molecular complexity index is 391. The Kier molecular flexibility index (Phi) is 4.78. The van der Waals surface area contributed by atoms with Crippen LogP contribution in [0.15, 0.2) is 0 Å². The fourth-order valence-electron chi connectivity index (χ4n) is 1.57. The van der Waals surface area contributed by atoms with Gasteiger partial charge in [-0.1, -0.05) is 18.5 Å². The van der Waals surface area contributed by atoms with Crippen LogP contribution in [0.25, 0.3) is 0 Å². The highest BCUT2D eigenvalue weighted by Gasteiger charge is 2.14. The van der Waals surface area contributed by atoms with Crippen LogP contribution in [0.3, 0.4) is 0 Å². The number of aryl methyl sites for hydroxylation is 2. The summed E-state index contributed by atoms with van der Waals surface area (Å²) in [6, 6.07) is 2.13. The third-order valence-electron chi connectivity index (χ3n) is 2.53. The van der Waals surface area contributed by atoms with Gasteiger partial charge in [0.05, 0.1) is 22.5 Å². The minimum absolute atomic E-state index is 0.534. The average molecular weight is 241 g/mol. The monoisotopic (exact) mass is 240 g/mol. The first-order chi connectivity index (χ1) is 7.60. The van der Waals surface area contributed by atoms with Crippen LogP contribution in [-0.4, -0.2) is 28.3 Å². The van der Waals surface area contributed by atoms with E-state index in [0.717, 1.165) is 35.9 Å². The lowest BCUT2D eigenvalue weighted by Crippen LogP contribution is -2.20. The number of nitrogens with zero attached hydrogens (tertiary/aromatic N) is 4. The molecule has 4 nitrogen and oxygen atoms in total. The molecule has 0 saturated carbocycles. The lowest BCUT2D eigenvalue weighted by atomic mass is 10.3. The van der Waals surface area contributed by atoms with Crippen LogP contribution in [0.4, 0.5) is 0 Å². The molecule has 1 rings (SSSR count). The number of aromatic nitrogens is 2. The van der Waals surface area contributed by atoms with Gasteiger partial charge in [-0.3, -0.25) is 9.58 Å². The molecule has 0 bridgehead atoms. The molecule has 16 heavy (non-hydrogen) atoms. The van der Waals surface area contributed by atoms with Gasteiger partial charge < -0.3 is 0 Å². The summed E-state index contributed by atoms with van der Waals surface area (Å²) < 4.78 is 1.82. The summed E-state index contributed by atoms with van der Waals surface area (Å²) >= 11 is 6.23. The smallest absolute Gasteiger partial charge is 0.0863 e. The summed E-state index contributed by atoms with van der Waals surface area (Å²) in [5, 5.41) is 13.6. The van der Waals surface area contributed by atoms with Crippen molar-refractivity contribution in [3.05, 3.63) is 16.4 Å². The van der Waals surface area contributed by atoms with Crippen molar-refractivity contribution in [1.29, 1.82) is 5.26 Å². The molecule has 0 unspecified atom stereocenters. The Balaban J connectivity index is 2.73. The van der Waals surface area contributed by atoms with Gasteiger partial charge in [0.25, 0.3) is 0 Å². The molecule has 0 aliphatic heterocycles. The van der Waals surface area contributed by atoms with E-state index in [0.29, 0.717) is 6.42 Å². The molecule has 0 aromatic carbocycles. The predicted octanol–water partition coefficient (Wildman–Crippen LogP) is 1.98. The van der Waals surface area contributed by atoms with Gasteiger partial charge in [-0.15, -0.1) is 0 Å². The molecule has 0 amide bonds. The third-order valence-corrected chi connectivity index (χ3v) is 2.96. The summed E-state index contributed by atoms with van der Waals surface area (Å²) in [6.07, 6.45) is 1.38. The van der Waals surface area contributed by atoms with Crippen LogP contribution in [0.5, 0.6) is 0 Å². The molecule has 0 spiro atoms. The molecule has 1 heterocycles. The SMILES string of the molecule is CCc1nn(C)c(CN(C)CCC#N)c1Cl. The van der Waals surface area contributed by atoms with E-state index in [2.05, 4.69) is 16.1 Å². The molecule has 1 aromatic rings. The van der Waals surface area contributed by atoms with Crippen LogP contribution < -0.4 is 0 Å². The van der Waals surface area contributed by atoms with Crippen molar-refractivity contribution >= 4 is 11.6 Å². The van der Waals surface area contributed by atoms with E-state index < -0.39 is 0 Å². The average Bonchev–Trinajstić information content (AvgIpc) is 2.53. The van der Waals surface area contributed by atoms with E-state index >= 15 is 0 Å². The summed E-state index contributed by atoms with van der Waals surface area (Å²) in [4.78, 5) is 2.07. The normalized spacial score (nSPS) is 10.8. The summed E-state index contributed by atoms with van der Waals surface area (Å²) in [5.74, 6) is 0. The van der Waals surface area contributed by atoms with Gasteiger partial charge in [0.2, 0.25) is 0 Å². The Morgan fingerprint density at radius 1 is 1.56 bits per heavy atom. The van der Waals surface area contributed by atoms with Gasteiger partial charge in [0.1, 0.15) is 0 Å². The number of nitriles is 1. The van der Waals surface area contributed by atoms with Crippen LogP contribution in [0.2, 0.25) is 5.02 Å². The van der Waals surface area contributed by atoms with Crippen molar-refractivity contribution < 1.29 is 0 Å². The van der Waals surface area contributed by atoms with Crippen molar-refractivity contribution in [2.45, 2.75) is 26.3 Å². The van der Waals surface area contributed by atoms with Crippen molar-refractivity contribution in [1.82, 2.24) is 14.7 Å². The largest absolute Gasteiger partial charge is 0.299 e. The van der Waals surface area contributed by atoms with Crippen LogP contribution in [0, 0.1) is 11.3 Å². The minimum atomic E-state index is 0.534. The molecule has 0 fully saturated rings. The summed E-state index contributed by atoms with van der Waals surface area (Å²) in [6.45, 7) is 3.51. The Morgan fingerprint density at radius 2 is 2.25 bits per heavy atom. The number of hydrogen-bond donors (Lipinski definition) is 0. The zero-order valence-electron chi connectivity index (χ0n) is 10.00. The van der Waals surface area contributed by atoms with Crippen LogP contribution in [0.1, 0.15) is 24.7 Å². The van der Waals surface area contributed by atoms with E-state index in [-0.39, 0.29) is 0 Å². The lowest BCUT2D eigenvalue weighted by Gasteiger charge is -2.14. The molecular formula is C11H17ClN4. The van der Waals surface area contributed by atoms with Crippen LogP contribution >= 0.6 is 11.6 Å². The first kappa shape index (κ1) is 13.0. The fraction of sp³-hybridized carbons (Fsp3) is 0.636. The second-order valence-corrected chi connectivity index (χ2v) is 4.21. The van der Waals surface area contributed by atoms with Gasteiger partial charge >= 0.3 is 0 Å². The second kappa shape index (κ2) is 5.88. The standard InChI is InChI=1S/C11H17ClN4/c1-4-9-11(12)10(16(3)14-9)8-15(2)7-5-6-13/h4-5,7-8H2,1-3H3. The highest BCUT2D eigenvalue weighted by Crippen LogP contribution is 2.21. The molecule has 0 N–H and O–H groups in total. The topological polar surface area (TPSA) is 44.9 Å². The van der Waals surface area contributed by atoms with Gasteiger partial charge in [0.15, 0.2) is 0 Å². The predicted molar refractivity (Wildman–Crippen MR) is 64.2 cm³/mol. The van der Waals surface area contributed by atoms with Crippen molar-refractivity contribution in [2.24, 2.45) is 7.05 Å². The van der Waals surface area contributed by atoms with Gasteiger partial charge in [-0.25, -0.2) is 0 Å². The van der Waals surface area contributed by atoms with Crippen molar-refractivity contribution in [3.8, 4) is 6.07 Å². The van der Waals surface area contributed by atoms with Gasteiger partial charge in [0, 0.05) is 26.6 Å².